The summed E-state index contributed by atoms with van der Waals surface area (Å²) in [5.41, 5.74) is 0. The van der Waals surface area contributed by atoms with E-state index in [0.29, 0.717) is 6.42 Å². The Labute approximate surface area is 503 Å². The molecular formula is C65H117NO18. The molecule has 3 fully saturated rings. The molecule has 19 nitrogen and oxygen atoms in total. The summed E-state index contributed by atoms with van der Waals surface area (Å²) in [6.07, 6.45) is 28.1. The van der Waals surface area contributed by atoms with Crippen LogP contribution in [0.25, 0.3) is 0 Å². The zero-order chi connectivity index (χ0) is 61.2. The number of unbranched alkanes of at least 4 members (excludes halogenated alkanes) is 27. The molecule has 3 rings (SSSR count). The lowest BCUT2D eigenvalue weighted by molar-refractivity contribution is -0.379. The first-order chi connectivity index (χ1) is 40.8. The van der Waals surface area contributed by atoms with E-state index in [1.54, 1.807) is 6.08 Å². The first-order valence-corrected chi connectivity index (χ1v) is 32.9. The smallest absolute Gasteiger partial charge is 0.220 e. The lowest BCUT2D eigenvalue weighted by Gasteiger charge is -2.48. The van der Waals surface area contributed by atoms with Crippen LogP contribution in [0.5, 0.6) is 0 Å². The van der Waals surface area contributed by atoms with Crippen LogP contribution in [0.2, 0.25) is 0 Å². The number of nitrogens with one attached hydrogen (secondary N) is 1. The third kappa shape index (κ3) is 30.3. The molecule has 3 heterocycles. The highest BCUT2D eigenvalue weighted by molar-refractivity contribution is 5.76. The molecule has 0 saturated carbocycles. The van der Waals surface area contributed by atoms with Gasteiger partial charge in [-0.15, -0.1) is 0 Å². The van der Waals surface area contributed by atoms with Crippen LogP contribution >= 0.6 is 0 Å². The molecule has 0 bridgehead atoms. The normalized spacial score (nSPS) is 29.5. The van der Waals surface area contributed by atoms with Crippen LogP contribution in [0, 0.1) is 0 Å². The van der Waals surface area contributed by atoms with Crippen LogP contribution in [0.3, 0.4) is 0 Å². The average Bonchev–Trinajstić information content (AvgIpc) is 2.81. The van der Waals surface area contributed by atoms with Crippen LogP contribution < -0.4 is 5.32 Å². The van der Waals surface area contributed by atoms with Crippen molar-refractivity contribution in [3.8, 4) is 0 Å². The number of aliphatic hydroxyl groups is 11. The maximum Gasteiger partial charge on any atom is 0.220 e. The minimum Gasteiger partial charge on any atom is -0.394 e. The van der Waals surface area contributed by atoms with Crippen LogP contribution in [0.15, 0.2) is 48.6 Å². The number of hydrogen-bond acceptors (Lipinski definition) is 18. The standard InChI is InChI=1S/C65H117NO18/c1-3-5-7-9-11-13-15-17-19-20-21-22-23-24-25-26-27-29-30-32-34-36-38-40-42-49(70)48(66-53(71)43-41-39-37-35-33-31-28-18-16-14-12-10-8-6-4-2)47-79-63-59(77)56(74)61(51(45-68)81-63)84-65-60(78)57(75)62(52(46-69)82-65)83-64-58(76)55(73)54(72)50(44-67)80-64/h6,8,12,14,18,28,40,42,48-52,54-65,67-70,72-78H,3-5,7,9-11,13,15-17,19-27,29-39,41,43-47H2,1-2H3,(H,66,71)/b8-6-,14-12-,28-18-,42-40+. The molecule has 0 spiro atoms. The van der Waals surface area contributed by atoms with Gasteiger partial charge >= 0.3 is 0 Å². The third-order valence-electron chi connectivity index (χ3n) is 16.4. The van der Waals surface area contributed by atoms with Gasteiger partial charge < -0.3 is 89.9 Å². The molecular weight excluding hydrogens is 1080 g/mol. The number of amides is 1. The van der Waals surface area contributed by atoms with Crippen LogP contribution in [0.4, 0.5) is 0 Å². The quantitative estimate of drug-likeness (QED) is 0.0208. The van der Waals surface area contributed by atoms with Crippen molar-refractivity contribution in [1.29, 1.82) is 0 Å². The lowest BCUT2D eigenvalue weighted by atomic mass is 9.96. The van der Waals surface area contributed by atoms with E-state index in [9.17, 15) is 61.0 Å². The molecule has 3 aliphatic heterocycles. The molecule has 17 atom stereocenters. The Morgan fingerprint density at radius 2 is 0.821 bits per heavy atom. The monoisotopic (exact) mass is 1200 g/mol. The topological polar surface area (TPSA) is 307 Å². The Hall–Kier alpha value is -2.25. The third-order valence-corrected chi connectivity index (χ3v) is 16.4. The summed E-state index contributed by atoms with van der Waals surface area (Å²) in [5.74, 6) is -0.293. The number of rotatable bonds is 49. The van der Waals surface area contributed by atoms with Crippen LogP contribution in [-0.2, 0) is 33.2 Å². The predicted octanol–water partition coefficient (Wildman–Crippen LogP) is 7.43. The first-order valence-electron chi connectivity index (χ1n) is 32.9. The molecule has 1 amide bonds. The summed E-state index contributed by atoms with van der Waals surface area (Å²) in [7, 11) is 0. The van der Waals surface area contributed by atoms with Gasteiger partial charge in [-0.3, -0.25) is 4.79 Å². The van der Waals surface area contributed by atoms with Gasteiger partial charge in [-0.1, -0.05) is 217 Å². The van der Waals surface area contributed by atoms with Gasteiger partial charge in [0.25, 0.3) is 0 Å². The summed E-state index contributed by atoms with van der Waals surface area (Å²) in [4.78, 5) is 13.3. The second kappa shape index (κ2) is 47.7. The highest BCUT2D eigenvalue weighted by Gasteiger charge is 2.53. The van der Waals surface area contributed by atoms with Crippen molar-refractivity contribution in [2.24, 2.45) is 0 Å². The zero-order valence-corrected chi connectivity index (χ0v) is 51.4. The van der Waals surface area contributed by atoms with Crippen molar-refractivity contribution in [1.82, 2.24) is 5.32 Å². The molecule has 0 aromatic rings. The molecule has 0 aromatic heterocycles. The molecule has 84 heavy (non-hydrogen) atoms. The van der Waals surface area contributed by atoms with Crippen molar-refractivity contribution in [2.75, 3.05) is 26.4 Å². The van der Waals surface area contributed by atoms with E-state index in [1.165, 1.54) is 122 Å². The van der Waals surface area contributed by atoms with Crippen molar-refractivity contribution >= 4 is 5.91 Å². The number of carbonyl (C=O) groups is 1. The fourth-order valence-corrected chi connectivity index (χ4v) is 11.0. The van der Waals surface area contributed by atoms with Crippen molar-refractivity contribution in [2.45, 2.75) is 330 Å². The second-order valence-corrected chi connectivity index (χ2v) is 23.6. The van der Waals surface area contributed by atoms with E-state index < -0.39 is 124 Å². The molecule has 12 N–H and O–H groups in total. The van der Waals surface area contributed by atoms with Gasteiger partial charge in [-0.25, -0.2) is 0 Å². The number of allylic oxidation sites excluding steroid dienone is 7. The zero-order valence-electron chi connectivity index (χ0n) is 51.4. The second-order valence-electron chi connectivity index (χ2n) is 23.6. The van der Waals surface area contributed by atoms with E-state index in [1.807, 2.05) is 6.08 Å². The molecule has 19 heteroatoms. The Morgan fingerprint density at radius 3 is 1.29 bits per heavy atom. The van der Waals surface area contributed by atoms with Gasteiger partial charge in [0.2, 0.25) is 5.91 Å². The van der Waals surface area contributed by atoms with E-state index in [-0.39, 0.29) is 18.9 Å². The minimum absolute atomic E-state index is 0.223. The van der Waals surface area contributed by atoms with Gasteiger partial charge in [0.15, 0.2) is 18.9 Å². The Kier molecular flexibility index (Phi) is 43.2. The van der Waals surface area contributed by atoms with Crippen LogP contribution in [-0.4, -0.2) is 193 Å². The first kappa shape index (κ1) is 76.0. The number of carbonyl (C=O) groups excluding carboxylic acids is 1. The summed E-state index contributed by atoms with van der Waals surface area (Å²) < 4.78 is 34.3. The van der Waals surface area contributed by atoms with E-state index in [2.05, 4.69) is 55.6 Å². The summed E-state index contributed by atoms with van der Waals surface area (Å²) >= 11 is 0. The van der Waals surface area contributed by atoms with E-state index in [4.69, 9.17) is 28.4 Å². The fraction of sp³-hybridized carbons (Fsp3) is 0.862. The fourth-order valence-electron chi connectivity index (χ4n) is 11.0. The highest BCUT2D eigenvalue weighted by atomic mass is 16.8. The van der Waals surface area contributed by atoms with E-state index >= 15 is 0 Å². The summed E-state index contributed by atoms with van der Waals surface area (Å²) in [6, 6.07) is -0.983. The van der Waals surface area contributed by atoms with Gasteiger partial charge in [0, 0.05) is 6.42 Å². The maximum absolute atomic E-state index is 13.3. The molecule has 17 unspecified atom stereocenters. The summed E-state index contributed by atoms with van der Waals surface area (Å²) in [5, 5.41) is 120. The van der Waals surface area contributed by atoms with Crippen molar-refractivity contribution < 1.29 is 89.4 Å². The Bertz CT molecular complexity index is 1720. The van der Waals surface area contributed by atoms with Gasteiger partial charge in [-0.05, 0) is 51.4 Å². The van der Waals surface area contributed by atoms with Crippen LogP contribution in [0.1, 0.15) is 226 Å². The summed E-state index contributed by atoms with van der Waals surface area (Å²) in [6.45, 7) is 1.61. The van der Waals surface area contributed by atoms with Gasteiger partial charge in [0.1, 0.15) is 73.2 Å². The molecule has 490 valence electrons. The van der Waals surface area contributed by atoms with Gasteiger partial charge in [0.05, 0.1) is 38.6 Å². The Balaban J connectivity index is 1.46. The van der Waals surface area contributed by atoms with E-state index in [0.717, 1.165) is 77.0 Å². The molecule has 3 aliphatic rings. The molecule has 3 saturated heterocycles. The Morgan fingerprint density at radius 1 is 0.440 bits per heavy atom. The highest BCUT2D eigenvalue weighted by Crippen LogP contribution is 2.33. The predicted molar refractivity (Wildman–Crippen MR) is 323 cm³/mol. The minimum atomic E-state index is -1.98. The molecule has 0 radical (unpaired) electrons. The SMILES string of the molecule is CC/C=C\C/C=C\C/C=C\CCCCCCCC(=O)NC(COC1OC(CO)C(OC2OC(CO)C(OC3OC(CO)C(O)C(O)C3O)C(O)C2O)C(O)C1O)C(O)/C=C/CCCCCCCCCCCCCCCCCCCCCCCC. The largest absolute Gasteiger partial charge is 0.394 e. The molecule has 0 aliphatic carbocycles. The molecule has 0 aromatic carbocycles. The van der Waals surface area contributed by atoms with Gasteiger partial charge in [-0.2, -0.15) is 0 Å². The average molecular weight is 1200 g/mol. The number of aliphatic hydroxyl groups excluding tert-OH is 11. The van der Waals surface area contributed by atoms with Crippen molar-refractivity contribution in [3.05, 3.63) is 48.6 Å². The number of ether oxygens (including phenoxy) is 6. The van der Waals surface area contributed by atoms with Crippen molar-refractivity contribution in [3.63, 3.8) is 0 Å². The maximum atomic E-state index is 13.3. The number of hydrogen-bond donors (Lipinski definition) is 12. The lowest BCUT2D eigenvalue weighted by Crippen LogP contribution is -2.66.